The fraction of sp³-hybridized carbons (Fsp3) is 0.857. The molecule has 0 aromatic carbocycles. The van der Waals surface area contributed by atoms with E-state index in [2.05, 4.69) is 5.32 Å². The summed E-state index contributed by atoms with van der Waals surface area (Å²) in [5, 5.41) is 12.1. The summed E-state index contributed by atoms with van der Waals surface area (Å²) in [4.78, 5) is 25.2. The molecular formula is C14H24N2O4. The molecule has 0 aromatic rings. The lowest BCUT2D eigenvalue weighted by molar-refractivity contribution is -0.141. The zero-order valence-electron chi connectivity index (χ0n) is 12.0. The molecule has 0 bridgehead atoms. The van der Waals surface area contributed by atoms with Crippen LogP contribution in [0.1, 0.15) is 38.5 Å². The molecule has 1 heterocycles. The number of aliphatic carboxylic acids is 1. The zero-order valence-corrected chi connectivity index (χ0v) is 12.0. The highest BCUT2D eigenvalue weighted by Crippen LogP contribution is 2.27. The van der Waals surface area contributed by atoms with E-state index in [1.165, 1.54) is 6.42 Å². The molecule has 6 nitrogen and oxygen atoms in total. The van der Waals surface area contributed by atoms with Crippen molar-refractivity contribution in [3.05, 3.63) is 0 Å². The summed E-state index contributed by atoms with van der Waals surface area (Å²) in [6, 6.07) is -1.04. The first-order chi connectivity index (χ1) is 9.61. The second-order valence-electron chi connectivity index (χ2n) is 5.76. The van der Waals surface area contributed by atoms with Gasteiger partial charge in [-0.25, -0.2) is 9.59 Å². The highest BCUT2D eigenvalue weighted by Gasteiger charge is 2.33. The number of hydrogen-bond acceptors (Lipinski definition) is 3. The number of likely N-dealkylation sites (tertiary alicyclic amines) is 1. The molecule has 2 aliphatic rings. The normalized spacial score (nSPS) is 25.4. The Kier molecular flexibility index (Phi) is 5.23. The smallest absolute Gasteiger partial charge is 0.326 e. The number of urea groups is 1. The fourth-order valence-corrected chi connectivity index (χ4v) is 3.18. The molecule has 2 fully saturated rings. The Morgan fingerprint density at radius 2 is 1.95 bits per heavy atom. The molecule has 2 unspecified atom stereocenters. The number of rotatable bonds is 4. The molecule has 0 aromatic heterocycles. The number of carboxylic acid groups (broad SMARTS) is 1. The SMILES string of the molecule is COC1CCN(C(=O)NC(C(=O)O)C2CCCCC2)C1. The topological polar surface area (TPSA) is 78.9 Å². The van der Waals surface area contributed by atoms with Crippen LogP contribution in [0.2, 0.25) is 0 Å². The molecule has 1 aliphatic heterocycles. The molecule has 6 heteroatoms. The minimum absolute atomic E-state index is 0.0611. The second-order valence-corrected chi connectivity index (χ2v) is 5.76. The van der Waals surface area contributed by atoms with E-state index in [0.717, 1.165) is 32.1 Å². The van der Waals surface area contributed by atoms with Gasteiger partial charge in [-0.3, -0.25) is 0 Å². The van der Waals surface area contributed by atoms with Crippen LogP contribution in [0.3, 0.4) is 0 Å². The van der Waals surface area contributed by atoms with Gasteiger partial charge < -0.3 is 20.1 Å². The number of ether oxygens (including phenoxy) is 1. The van der Waals surface area contributed by atoms with Crippen molar-refractivity contribution >= 4 is 12.0 Å². The van der Waals surface area contributed by atoms with Gasteiger partial charge in [-0.05, 0) is 25.2 Å². The van der Waals surface area contributed by atoms with E-state index in [1.54, 1.807) is 12.0 Å². The van der Waals surface area contributed by atoms with E-state index in [-0.39, 0.29) is 18.1 Å². The van der Waals surface area contributed by atoms with Crippen molar-refractivity contribution in [3.63, 3.8) is 0 Å². The van der Waals surface area contributed by atoms with Gasteiger partial charge in [0.15, 0.2) is 0 Å². The number of carbonyl (C=O) groups is 2. The number of carbonyl (C=O) groups excluding carboxylic acids is 1. The molecule has 2 rings (SSSR count). The van der Waals surface area contributed by atoms with Gasteiger partial charge in [0.05, 0.1) is 6.10 Å². The van der Waals surface area contributed by atoms with Crippen molar-refractivity contribution in [1.29, 1.82) is 0 Å². The summed E-state index contributed by atoms with van der Waals surface area (Å²) in [6.45, 7) is 1.17. The van der Waals surface area contributed by atoms with E-state index < -0.39 is 12.0 Å². The average molecular weight is 284 g/mol. The van der Waals surface area contributed by atoms with Crippen molar-refractivity contribution in [2.45, 2.75) is 50.7 Å². The van der Waals surface area contributed by atoms with Crippen molar-refractivity contribution in [1.82, 2.24) is 10.2 Å². The van der Waals surface area contributed by atoms with Crippen LogP contribution in [0, 0.1) is 5.92 Å². The highest BCUT2D eigenvalue weighted by molar-refractivity contribution is 5.83. The van der Waals surface area contributed by atoms with Gasteiger partial charge in [-0.2, -0.15) is 0 Å². The third kappa shape index (κ3) is 3.62. The molecule has 0 spiro atoms. The molecule has 20 heavy (non-hydrogen) atoms. The highest BCUT2D eigenvalue weighted by atomic mass is 16.5. The number of amides is 2. The molecule has 2 N–H and O–H groups in total. The lowest BCUT2D eigenvalue weighted by Gasteiger charge is -2.29. The Morgan fingerprint density at radius 3 is 2.50 bits per heavy atom. The molecule has 2 amide bonds. The predicted molar refractivity (Wildman–Crippen MR) is 73.5 cm³/mol. The maximum Gasteiger partial charge on any atom is 0.326 e. The van der Waals surface area contributed by atoms with Crippen LogP contribution in [0.15, 0.2) is 0 Å². The summed E-state index contributed by atoms with van der Waals surface area (Å²) in [7, 11) is 1.63. The molecule has 1 aliphatic carbocycles. The standard InChI is InChI=1S/C14H24N2O4/c1-20-11-7-8-16(9-11)14(19)15-12(13(17)18)10-5-3-2-4-6-10/h10-12H,2-9H2,1H3,(H,15,19)(H,17,18). The fourth-order valence-electron chi connectivity index (χ4n) is 3.18. The first kappa shape index (κ1) is 15.1. The van der Waals surface area contributed by atoms with Crippen molar-refractivity contribution in [2.75, 3.05) is 20.2 Å². The maximum absolute atomic E-state index is 12.2. The Labute approximate surface area is 119 Å². The van der Waals surface area contributed by atoms with E-state index in [9.17, 15) is 14.7 Å². The lowest BCUT2D eigenvalue weighted by atomic mass is 9.84. The largest absolute Gasteiger partial charge is 0.480 e. The van der Waals surface area contributed by atoms with Crippen molar-refractivity contribution in [3.8, 4) is 0 Å². The number of hydrogen-bond donors (Lipinski definition) is 2. The summed E-state index contributed by atoms with van der Waals surface area (Å²) < 4.78 is 5.22. The van der Waals surface area contributed by atoms with Crippen LogP contribution >= 0.6 is 0 Å². The average Bonchev–Trinajstić information content (AvgIpc) is 2.94. The van der Waals surface area contributed by atoms with Gasteiger partial charge in [0, 0.05) is 20.2 Å². The number of carboxylic acids is 1. The zero-order chi connectivity index (χ0) is 14.5. The monoisotopic (exact) mass is 284 g/mol. The summed E-state index contributed by atoms with van der Waals surface area (Å²) in [5.74, 6) is -0.862. The van der Waals surface area contributed by atoms with Gasteiger partial charge in [0.25, 0.3) is 0 Å². The van der Waals surface area contributed by atoms with Crippen LogP contribution in [0.4, 0.5) is 4.79 Å². The Morgan fingerprint density at radius 1 is 1.25 bits per heavy atom. The minimum Gasteiger partial charge on any atom is -0.480 e. The third-order valence-electron chi connectivity index (χ3n) is 4.43. The summed E-state index contributed by atoms with van der Waals surface area (Å²) >= 11 is 0. The van der Waals surface area contributed by atoms with E-state index in [1.807, 2.05) is 0 Å². The lowest BCUT2D eigenvalue weighted by Crippen LogP contribution is -2.51. The van der Waals surface area contributed by atoms with Crippen LogP contribution in [-0.4, -0.2) is 54.4 Å². The van der Waals surface area contributed by atoms with Crippen LogP contribution in [0.5, 0.6) is 0 Å². The summed E-state index contributed by atoms with van der Waals surface area (Å²) in [6.07, 6.45) is 5.93. The quantitative estimate of drug-likeness (QED) is 0.819. The molecule has 1 saturated carbocycles. The Bertz CT molecular complexity index is 355. The van der Waals surface area contributed by atoms with Gasteiger partial charge in [-0.15, -0.1) is 0 Å². The minimum atomic E-state index is -0.923. The number of nitrogens with zero attached hydrogens (tertiary/aromatic N) is 1. The van der Waals surface area contributed by atoms with E-state index >= 15 is 0 Å². The first-order valence-electron chi connectivity index (χ1n) is 7.43. The second kappa shape index (κ2) is 6.92. The van der Waals surface area contributed by atoms with Gasteiger partial charge in [0.1, 0.15) is 6.04 Å². The first-order valence-corrected chi connectivity index (χ1v) is 7.43. The maximum atomic E-state index is 12.2. The van der Waals surface area contributed by atoms with Gasteiger partial charge >= 0.3 is 12.0 Å². The number of methoxy groups -OCH3 is 1. The van der Waals surface area contributed by atoms with Crippen molar-refractivity contribution < 1.29 is 19.4 Å². The van der Waals surface area contributed by atoms with E-state index in [4.69, 9.17) is 4.74 Å². The number of nitrogens with one attached hydrogen (secondary N) is 1. The van der Waals surface area contributed by atoms with Crippen LogP contribution in [0.25, 0.3) is 0 Å². The molecular weight excluding hydrogens is 260 g/mol. The molecule has 2 atom stereocenters. The summed E-state index contributed by atoms with van der Waals surface area (Å²) in [5.41, 5.74) is 0. The van der Waals surface area contributed by atoms with Crippen LogP contribution < -0.4 is 5.32 Å². The Hall–Kier alpha value is -1.30. The molecule has 114 valence electrons. The third-order valence-corrected chi connectivity index (χ3v) is 4.43. The van der Waals surface area contributed by atoms with Gasteiger partial charge in [-0.1, -0.05) is 19.3 Å². The van der Waals surface area contributed by atoms with Crippen LogP contribution in [-0.2, 0) is 9.53 Å². The molecule has 1 saturated heterocycles. The van der Waals surface area contributed by atoms with Gasteiger partial charge in [0.2, 0.25) is 0 Å². The Balaban J connectivity index is 1.90. The predicted octanol–water partition coefficient (Wildman–Crippen LogP) is 1.45. The molecule has 0 radical (unpaired) electrons. The van der Waals surface area contributed by atoms with E-state index in [0.29, 0.717) is 13.1 Å². The van der Waals surface area contributed by atoms with Crippen molar-refractivity contribution in [2.24, 2.45) is 5.92 Å².